The van der Waals surface area contributed by atoms with Crippen LogP contribution >= 0.6 is 11.8 Å². The van der Waals surface area contributed by atoms with Gasteiger partial charge in [0.1, 0.15) is 13.2 Å². The molecule has 0 aliphatic carbocycles. The van der Waals surface area contributed by atoms with Crippen molar-refractivity contribution in [2.75, 3.05) is 31.8 Å². The molecule has 0 spiro atoms. The largest absolute Gasteiger partial charge is 0.465 e. The quantitative estimate of drug-likeness (QED) is 0.496. The van der Waals surface area contributed by atoms with Crippen LogP contribution in [0.4, 0.5) is 10.5 Å². The molecular weight excluding hydrogens is 446 g/mol. The van der Waals surface area contributed by atoms with E-state index in [0.29, 0.717) is 22.5 Å². The van der Waals surface area contributed by atoms with E-state index < -0.39 is 29.9 Å². The highest BCUT2D eigenvalue weighted by atomic mass is 32.2. The van der Waals surface area contributed by atoms with Gasteiger partial charge in [-0.05, 0) is 48.2 Å². The molecule has 4 rings (SSSR count). The number of ether oxygens (including phenoxy) is 2. The van der Waals surface area contributed by atoms with E-state index in [1.54, 1.807) is 23.9 Å². The number of cyclic esters (lactones) is 1. The fourth-order valence-electron chi connectivity index (χ4n) is 3.68. The van der Waals surface area contributed by atoms with Crippen LogP contribution in [0.5, 0.6) is 0 Å². The topological polar surface area (TPSA) is 114 Å². The van der Waals surface area contributed by atoms with Gasteiger partial charge >= 0.3 is 18.0 Å². The van der Waals surface area contributed by atoms with Gasteiger partial charge in [0, 0.05) is 10.6 Å². The molecule has 0 fully saturated rings. The van der Waals surface area contributed by atoms with E-state index in [1.807, 2.05) is 30.5 Å². The van der Waals surface area contributed by atoms with Gasteiger partial charge in [-0.3, -0.25) is 9.69 Å². The fraction of sp³-hybridized carbons (Fsp3) is 0.217. The summed E-state index contributed by atoms with van der Waals surface area (Å²) in [4.78, 5) is 51.7. The summed E-state index contributed by atoms with van der Waals surface area (Å²) in [5.41, 5.74) is 2.24. The Balaban J connectivity index is 1.52. The lowest BCUT2D eigenvalue weighted by Crippen LogP contribution is -2.49. The van der Waals surface area contributed by atoms with Crippen molar-refractivity contribution in [2.45, 2.75) is 10.9 Å². The predicted molar refractivity (Wildman–Crippen MR) is 121 cm³/mol. The maximum Gasteiger partial charge on any atom is 0.338 e. The van der Waals surface area contributed by atoms with Gasteiger partial charge in [0.25, 0.3) is 0 Å². The van der Waals surface area contributed by atoms with Crippen molar-refractivity contribution >= 4 is 41.3 Å². The minimum absolute atomic E-state index is 0.0813. The zero-order valence-electron chi connectivity index (χ0n) is 17.9. The Morgan fingerprint density at radius 3 is 2.48 bits per heavy atom. The Morgan fingerprint density at radius 2 is 1.85 bits per heavy atom. The molecule has 170 valence electrons. The summed E-state index contributed by atoms with van der Waals surface area (Å²) < 4.78 is 9.84. The number of hydrogen-bond donors (Lipinski definition) is 2. The number of methoxy groups -OCH3 is 1. The number of rotatable bonds is 6. The summed E-state index contributed by atoms with van der Waals surface area (Å²) in [7, 11) is 1.28. The van der Waals surface area contributed by atoms with E-state index in [-0.39, 0.29) is 13.2 Å². The average Bonchev–Trinajstić information content (AvgIpc) is 3.22. The number of carbonyl (C=O) groups excluding carboxylic acids is 4. The lowest BCUT2D eigenvalue weighted by Gasteiger charge is -2.32. The third kappa shape index (κ3) is 4.56. The Bertz CT molecular complexity index is 1140. The van der Waals surface area contributed by atoms with Gasteiger partial charge < -0.3 is 20.1 Å². The molecule has 2 heterocycles. The van der Waals surface area contributed by atoms with Crippen molar-refractivity contribution in [3.63, 3.8) is 0 Å². The number of esters is 2. The van der Waals surface area contributed by atoms with E-state index in [9.17, 15) is 19.2 Å². The minimum atomic E-state index is -0.649. The van der Waals surface area contributed by atoms with Gasteiger partial charge in [0.05, 0.1) is 30.0 Å². The second-order valence-electron chi connectivity index (χ2n) is 7.30. The maximum atomic E-state index is 12.9. The van der Waals surface area contributed by atoms with Gasteiger partial charge in [-0.15, -0.1) is 11.8 Å². The molecule has 0 unspecified atom stereocenters. The maximum absolute atomic E-state index is 12.9. The first-order chi connectivity index (χ1) is 15.9. The second kappa shape index (κ2) is 9.37. The van der Waals surface area contributed by atoms with E-state index in [1.165, 1.54) is 24.1 Å². The van der Waals surface area contributed by atoms with E-state index in [0.717, 1.165) is 10.5 Å². The number of carbonyl (C=O) groups is 4. The molecule has 3 amide bonds. The molecule has 2 aromatic carbocycles. The van der Waals surface area contributed by atoms with Crippen molar-refractivity contribution < 1.29 is 28.7 Å². The molecule has 2 aromatic rings. The average molecular weight is 468 g/mol. The van der Waals surface area contributed by atoms with Gasteiger partial charge in [-0.25, -0.2) is 14.4 Å². The van der Waals surface area contributed by atoms with Crippen LogP contribution in [0.25, 0.3) is 0 Å². The number of benzene rings is 2. The number of nitrogens with zero attached hydrogens (tertiary/aromatic N) is 1. The van der Waals surface area contributed by atoms with E-state index in [2.05, 4.69) is 15.4 Å². The Labute approximate surface area is 194 Å². The van der Waals surface area contributed by atoms with Gasteiger partial charge in [0.15, 0.2) is 0 Å². The Hall–Kier alpha value is -3.79. The van der Waals surface area contributed by atoms with E-state index in [4.69, 9.17) is 4.74 Å². The SMILES string of the molecule is COC(=O)c1ccc(NC(=O)CN2C(=O)N[C@H](c3ccc(SC)cc3)C3=C2COC3=O)cc1. The number of anilines is 1. The van der Waals surface area contributed by atoms with E-state index >= 15 is 0 Å². The summed E-state index contributed by atoms with van der Waals surface area (Å²) in [6.45, 7) is -0.389. The van der Waals surface area contributed by atoms with Crippen LogP contribution in [0, 0.1) is 0 Å². The third-order valence-electron chi connectivity index (χ3n) is 5.34. The van der Waals surface area contributed by atoms with Crippen molar-refractivity contribution in [3.05, 3.63) is 70.9 Å². The zero-order valence-corrected chi connectivity index (χ0v) is 18.7. The van der Waals surface area contributed by atoms with Crippen molar-refractivity contribution in [1.82, 2.24) is 10.2 Å². The first-order valence-corrected chi connectivity index (χ1v) is 11.2. The van der Waals surface area contributed by atoms with Crippen LogP contribution < -0.4 is 10.6 Å². The molecule has 10 heteroatoms. The number of hydrogen-bond acceptors (Lipinski definition) is 7. The summed E-state index contributed by atoms with van der Waals surface area (Å²) in [5.74, 6) is -1.47. The smallest absolute Gasteiger partial charge is 0.338 e. The molecule has 0 bridgehead atoms. The number of nitrogens with one attached hydrogen (secondary N) is 2. The Morgan fingerprint density at radius 1 is 1.15 bits per heavy atom. The van der Waals surface area contributed by atoms with Gasteiger partial charge in [-0.2, -0.15) is 0 Å². The molecule has 9 nitrogen and oxygen atoms in total. The monoisotopic (exact) mass is 467 g/mol. The van der Waals surface area contributed by atoms with Crippen LogP contribution in [0.1, 0.15) is 22.0 Å². The molecular formula is C23H21N3O6S. The standard InChI is InChI=1S/C23H21N3O6S/c1-31-21(28)14-3-7-15(8-4-14)24-18(27)11-26-17-12-32-22(29)19(17)20(25-23(26)30)13-5-9-16(33-2)10-6-13/h3-10,20H,11-12H2,1-2H3,(H,24,27)(H,25,30)/t20-/m1/s1. The predicted octanol–water partition coefficient (Wildman–Crippen LogP) is 2.71. The summed E-state index contributed by atoms with van der Waals surface area (Å²) in [6, 6.07) is 12.5. The normalized spacial score (nSPS) is 17.3. The lowest BCUT2D eigenvalue weighted by molar-refractivity contribution is -0.136. The lowest BCUT2D eigenvalue weighted by atomic mass is 9.96. The molecule has 2 aliphatic heterocycles. The highest BCUT2D eigenvalue weighted by Gasteiger charge is 2.42. The van der Waals surface area contributed by atoms with Crippen molar-refractivity contribution in [1.29, 1.82) is 0 Å². The first kappa shape index (κ1) is 22.4. The summed E-state index contributed by atoms with van der Waals surface area (Å²) in [6.07, 6.45) is 1.96. The molecule has 2 N–H and O–H groups in total. The van der Waals surface area contributed by atoms with Crippen LogP contribution in [-0.4, -0.2) is 55.3 Å². The van der Waals surface area contributed by atoms with Crippen molar-refractivity contribution in [2.24, 2.45) is 0 Å². The molecule has 0 saturated carbocycles. The van der Waals surface area contributed by atoms with Crippen molar-refractivity contribution in [3.8, 4) is 0 Å². The first-order valence-electron chi connectivity index (χ1n) is 10.0. The van der Waals surface area contributed by atoms with Crippen LogP contribution in [0.15, 0.2) is 64.7 Å². The molecule has 0 aromatic heterocycles. The summed E-state index contributed by atoms with van der Waals surface area (Å²) in [5, 5.41) is 5.48. The van der Waals surface area contributed by atoms with Crippen LogP contribution in [0.3, 0.4) is 0 Å². The molecule has 0 saturated heterocycles. The Kier molecular flexibility index (Phi) is 6.36. The molecule has 1 atom stereocenters. The third-order valence-corrected chi connectivity index (χ3v) is 6.08. The highest BCUT2D eigenvalue weighted by Crippen LogP contribution is 2.35. The molecule has 2 aliphatic rings. The molecule has 33 heavy (non-hydrogen) atoms. The minimum Gasteiger partial charge on any atom is -0.465 e. The number of amides is 3. The zero-order chi connectivity index (χ0) is 23.5. The van der Waals surface area contributed by atoms with Crippen LogP contribution in [-0.2, 0) is 19.1 Å². The second-order valence-corrected chi connectivity index (χ2v) is 8.18. The number of thioether (sulfide) groups is 1. The van der Waals surface area contributed by atoms with Gasteiger partial charge in [-0.1, -0.05) is 12.1 Å². The number of urea groups is 1. The fourth-order valence-corrected chi connectivity index (χ4v) is 4.08. The summed E-state index contributed by atoms with van der Waals surface area (Å²) >= 11 is 1.59. The van der Waals surface area contributed by atoms with Gasteiger partial charge in [0.2, 0.25) is 5.91 Å². The molecule has 0 radical (unpaired) electrons. The van der Waals surface area contributed by atoms with Crippen LogP contribution in [0.2, 0.25) is 0 Å². The highest BCUT2D eigenvalue weighted by molar-refractivity contribution is 7.98.